The normalized spacial score (nSPS) is 16.6. The lowest BCUT2D eigenvalue weighted by molar-refractivity contribution is -0.137. The van der Waals surface area contributed by atoms with Crippen LogP contribution >= 0.6 is 0 Å². The molecule has 3 heterocycles. The van der Waals surface area contributed by atoms with Crippen LogP contribution in [-0.2, 0) is 17.5 Å². The highest BCUT2D eigenvalue weighted by Crippen LogP contribution is 2.38. The topological polar surface area (TPSA) is 76.0 Å². The number of alkyl halides is 3. The maximum atomic E-state index is 13.6. The number of methoxy groups -OCH3 is 1. The number of imidazole rings is 1. The van der Waals surface area contributed by atoms with E-state index in [0.717, 1.165) is 48.1 Å². The van der Waals surface area contributed by atoms with Gasteiger partial charge >= 0.3 is 6.18 Å². The van der Waals surface area contributed by atoms with Gasteiger partial charge in [0.05, 0.1) is 47.5 Å². The van der Waals surface area contributed by atoms with Crippen molar-refractivity contribution in [2.75, 3.05) is 20.3 Å². The summed E-state index contributed by atoms with van der Waals surface area (Å²) >= 11 is 0. The molecule has 0 spiro atoms. The number of halogens is 3. The highest BCUT2D eigenvalue weighted by molar-refractivity contribution is 5.97. The molecule has 7 nitrogen and oxygen atoms in total. The van der Waals surface area contributed by atoms with Crippen molar-refractivity contribution < 1.29 is 22.7 Å². The summed E-state index contributed by atoms with van der Waals surface area (Å²) in [4.78, 5) is 19.9. The number of fused-ring (bicyclic) bond motifs is 1. The number of amides is 1. The van der Waals surface area contributed by atoms with Gasteiger partial charge in [-0.15, -0.1) is 0 Å². The Balaban J connectivity index is 1.43. The van der Waals surface area contributed by atoms with E-state index in [1.807, 2.05) is 21.6 Å². The molecule has 188 valence electrons. The van der Waals surface area contributed by atoms with Gasteiger partial charge < -0.3 is 14.2 Å². The number of H-pyrrole nitrogens is 1. The fourth-order valence-corrected chi connectivity index (χ4v) is 4.82. The van der Waals surface area contributed by atoms with Crippen molar-refractivity contribution in [1.29, 1.82) is 0 Å². The van der Waals surface area contributed by atoms with Crippen LogP contribution < -0.4 is 0 Å². The Morgan fingerprint density at radius 1 is 1.17 bits per heavy atom. The number of piperidine rings is 1. The lowest BCUT2D eigenvalue weighted by atomic mass is 9.93. The largest absolute Gasteiger partial charge is 0.416 e. The summed E-state index contributed by atoms with van der Waals surface area (Å²) in [7, 11) is 1.65. The van der Waals surface area contributed by atoms with E-state index in [4.69, 9.17) is 4.74 Å². The third kappa shape index (κ3) is 4.60. The molecule has 0 aliphatic carbocycles. The van der Waals surface area contributed by atoms with E-state index in [9.17, 15) is 18.0 Å². The summed E-state index contributed by atoms with van der Waals surface area (Å²) in [5.74, 6) is -0.110. The number of carbonyl (C=O) groups excluding carboxylic acids is 1. The molecule has 5 rings (SSSR count). The van der Waals surface area contributed by atoms with Crippen LogP contribution in [0.2, 0.25) is 0 Å². The number of aromatic amines is 1. The molecule has 1 saturated heterocycles. The monoisotopic (exact) mass is 497 g/mol. The Morgan fingerprint density at radius 3 is 2.72 bits per heavy atom. The van der Waals surface area contributed by atoms with E-state index in [2.05, 4.69) is 15.2 Å². The third-order valence-corrected chi connectivity index (χ3v) is 6.69. The summed E-state index contributed by atoms with van der Waals surface area (Å²) in [6.45, 7) is 1.81. The molecular weight excluding hydrogens is 471 g/mol. The molecule has 1 fully saturated rings. The molecule has 1 N–H and O–H groups in total. The summed E-state index contributed by atoms with van der Waals surface area (Å²) in [6, 6.07) is 10.3. The molecule has 1 atom stereocenters. The maximum absolute atomic E-state index is 13.6. The number of ether oxygens (including phenoxy) is 1. The van der Waals surface area contributed by atoms with Gasteiger partial charge in [0.15, 0.2) is 0 Å². The number of carbonyl (C=O) groups is 1. The zero-order chi connectivity index (χ0) is 25.3. The molecular formula is C26H26F3N5O2. The predicted octanol–water partition coefficient (Wildman–Crippen LogP) is 5.46. The SMILES string of the molecule is COCCn1cnc2cc(C(=O)N3CCCC[C@H]3c3[nH]ncc3-c3ccc(C(F)(F)F)cc3)ccc21. The van der Waals surface area contributed by atoms with E-state index in [1.54, 1.807) is 25.7 Å². The molecule has 2 aromatic carbocycles. The standard InChI is InChI=1S/C26H26F3N5O2/c1-36-13-12-33-16-30-21-14-18(7-10-22(21)33)25(35)34-11-3-2-4-23(34)24-20(15-31-32-24)17-5-8-19(9-6-17)26(27,28)29/h5-10,14-16,23H,2-4,11-13H2,1H3,(H,31,32)/t23-/m0/s1. The molecule has 0 radical (unpaired) electrons. The Labute approximate surface area is 205 Å². The van der Waals surface area contributed by atoms with Crippen LogP contribution in [0.3, 0.4) is 0 Å². The Morgan fingerprint density at radius 2 is 1.97 bits per heavy atom. The fourth-order valence-electron chi connectivity index (χ4n) is 4.82. The molecule has 0 saturated carbocycles. The molecule has 0 unspecified atom stereocenters. The van der Waals surface area contributed by atoms with E-state index in [-0.39, 0.29) is 11.9 Å². The van der Waals surface area contributed by atoms with Crippen molar-refractivity contribution in [3.63, 3.8) is 0 Å². The number of hydrogen-bond donors (Lipinski definition) is 1. The van der Waals surface area contributed by atoms with Gasteiger partial charge in [0.25, 0.3) is 5.91 Å². The minimum Gasteiger partial charge on any atom is -0.383 e. The minimum atomic E-state index is -4.40. The van der Waals surface area contributed by atoms with Crippen molar-refractivity contribution >= 4 is 16.9 Å². The average molecular weight is 498 g/mol. The first-order chi connectivity index (χ1) is 17.4. The molecule has 4 aromatic rings. The maximum Gasteiger partial charge on any atom is 0.416 e. The molecule has 1 amide bonds. The summed E-state index contributed by atoms with van der Waals surface area (Å²) < 4.78 is 46.2. The Bertz CT molecular complexity index is 1360. The van der Waals surface area contributed by atoms with Gasteiger partial charge in [0.1, 0.15) is 0 Å². The number of nitrogens with zero attached hydrogens (tertiary/aromatic N) is 4. The molecule has 0 bridgehead atoms. The van der Waals surface area contributed by atoms with Crippen LogP contribution in [0.25, 0.3) is 22.2 Å². The Hall–Kier alpha value is -3.66. The number of hydrogen-bond acceptors (Lipinski definition) is 4. The first-order valence-electron chi connectivity index (χ1n) is 11.8. The van der Waals surface area contributed by atoms with Crippen LogP contribution in [0.15, 0.2) is 55.0 Å². The number of likely N-dealkylation sites (tertiary alicyclic amines) is 1. The van der Waals surface area contributed by atoms with Gasteiger partial charge in [0.2, 0.25) is 0 Å². The fraction of sp³-hybridized carbons (Fsp3) is 0.346. The second-order valence-corrected chi connectivity index (χ2v) is 8.92. The summed E-state index contributed by atoms with van der Waals surface area (Å²) in [5.41, 5.74) is 3.54. The van der Waals surface area contributed by atoms with Crippen LogP contribution in [0.1, 0.15) is 46.9 Å². The van der Waals surface area contributed by atoms with E-state index in [1.165, 1.54) is 12.1 Å². The zero-order valence-electron chi connectivity index (χ0n) is 19.8. The van der Waals surface area contributed by atoms with Crippen LogP contribution in [0.4, 0.5) is 13.2 Å². The molecule has 36 heavy (non-hydrogen) atoms. The van der Waals surface area contributed by atoms with Gasteiger partial charge in [0, 0.05) is 31.3 Å². The predicted molar refractivity (Wildman–Crippen MR) is 128 cm³/mol. The van der Waals surface area contributed by atoms with Crippen LogP contribution in [0.5, 0.6) is 0 Å². The zero-order valence-corrected chi connectivity index (χ0v) is 19.8. The number of benzene rings is 2. The first kappa shape index (κ1) is 24.1. The minimum absolute atomic E-state index is 0.110. The van der Waals surface area contributed by atoms with E-state index < -0.39 is 11.7 Å². The summed E-state index contributed by atoms with van der Waals surface area (Å²) in [5, 5.41) is 7.19. The van der Waals surface area contributed by atoms with Crippen molar-refractivity contribution in [1.82, 2.24) is 24.6 Å². The number of aromatic nitrogens is 4. The molecule has 2 aromatic heterocycles. The third-order valence-electron chi connectivity index (χ3n) is 6.69. The van der Waals surface area contributed by atoms with Gasteiger partial charge in [-0.1, -0.05) is 12.1 Å². The average Bonchev–Trinajstić information content (AvgIpc) is 3.53. The number of rotatable bonds is 6. The highest BCUT2D eigenvalue weighted by atomic mass is 19.4. The first-order valence-corrected chi connectivity index (χ1v) is 11.8. The smallest absolute Gasteiger partial charge is 0.383 e. The van der Waals surface area contributed by atoms with Crippen molar-refractivity contribution in [3.8, 4) is 11.1 Å². The molecule has 1 aliphatic rings. The van der Waals surface area contributed by atoms with Crippen LogP contribution in [0, 0.1) is 0 Å². The lowest BCUT2D eigenvalue weighted by Gasteiger charge is -2.35. The quantitative estimate of drug-likeness (QED) is 0.384. The van der Waals surface area contributed by atoms with E-state index >= 15 is 0 Å². The van der Waals surface area contributed by atoms with Gasteiger partial charge in [-0.3, -0.25) is 9.89 Å². The van der Waals surface area contributed by atoms with Crippen molar-refractivity contribution in [2.24, 2.45) is 0 Å². The second-order valence-electron chi connectivity index (χ2n) is 8.92. The highest BCUT2D eigenvalue weighted by Gasteiger charge is 2.33. The van der Waals surface area contributed by atoms with Gasteiger partial charge in [-0.25, -0.2) is 4.98 Å². The van der Waals surface area contributed by atoms with Crippen molar-refractivity contribution in [3.05, 3.63) is 71.8 Å². The summed E-state index contributed by atoms with van der Waals surface area (Å²) in [6.07, 6.45) is 1.49. The van der Waals surface area contributed by atoms with Gasteiger partial charge in [-0.2, -0.15) is 18.3 Å². The lowest BCUT2D eigenvalue weighted by Crippen LogP contribution is -2.38. The Kier molecular flexibility index (Phi) is 6.53. The molecule has 10 heteroatoms. The molecule has 1 aliphatic heterocycles. The van der Waals surface area contributed by atoms with Crippen LogP contribution in [-0.4, -0.2) is 50.8 Å². The second kappa shape index (κ2) is 9.77. The van der Waals surface area contributed by atoms with Crippen molar-refractivity contribution in [2.45, 2.75) is 38.0 Å². The van der Waals surface area contributed by atoms with E-state index in [0.29, 0.717) is 36.4 Å². The number of nitrogens with one attached hydrogen (secondary N) is 1. The van der Waals surface area contributed by atoms with Gasteiger partial charge in [-0.05, 0) is 55.2 Å².